The van der Waals surface area contributed by atoms with E-state index in [4.69, 9.17) is 16.4 Å². The molecule has 4 nitrogen and oxygen atoms in total. The molecule has 0 saturated heterocycles. The molecule has 0 bridgehead atoms. The van der Waals surface area contributed by atoms with Crippen molar-refractivity contribution in [1.82, 2.24) is 5.48 Å². The predicted octanol–water partition coefficient (Wildman–Crippen LogP) is 3.11. The van der Waals surface area contributed by atoms with Crippen molar-refractivity contribution in [1.29, 1.82) is 0 Å². The monoisotopic (exact) mass is 281 g/mol. The molecule has 0 atom stereocenters. The topological polar surface area (TPSA) is 55.4 Å². The Morgan fingerprint density at radius 1 is 1.11 bits per heavy atom. The normalized spacial score (nSPS) is 15.8. The minimum absolute atomic E-state index is 0.0354. The van der Waals surface area contributed by atoms with Crippen LogP contribution in [-0.2, 0) is 9.63 Å². The van der Waals surface area contributed by atoms with E-state index in [1.165, 1.54) is 6.42 Å². The number of hydrogen-bond acceptors (Lipinski definition) is 3. The Morgan fingerprint density at radius 2 is 1.74 bits per heavy atom. The highest BCUT2D eigenvalue weighted by Gasteiger charge is 2.22. The molecule has 0 aliphatic heterocycles. The third kappa shape index (κ3) is 3.96. The fourth-order valence-electron chi connectivity index (χ4n) is 2.19. The van der Waals surface area contributed by atoms with Gasteiger partial charge in [-0.1, -0.05) is 30.9 Å². The third-order valence-corrected chi connectivity index (χ3v) is 3.55. The average Bonchev–Trinajstić information content (AvgIpc) is 2.46. The van der Waals surface area contributed by atoms with Gasteiger partial charge >= 0.3 is 5.97 Å². The van der Waals surface area contributed by atoms with Crippen LogP contribution in [0, 0.1) is 5.92 Å². The highest BCUT2D eigenvalue weighted by Crippen LogP contribution is 2.23. The van der Waals surface area contributed by atoms with Crippen LogP contribution in [0.15, 0.2) is 24.3 Å². The molecule has 1 amide bonds. The largest absolute Gasteiger partial charge is 0.362 e. The van der Waals surface area contributed by atoms with Crippen molar-refractivity contribution in [3.8, 4) is 0 Å². The third-order valence-electron chi connectivity index (χ3n) is 3.30. The Hall–Kier alpha value is -1.55. The van der Waals surface area contributed by atoms with Crippen LogP contribution < -0.4 is 5.48 Å². The summed E-state index contributed by atoms with van der Waals surface area (Å²) in [5, 5.41) is 0.544. The number of benzene rings is 1. The fourth-order valence-corrected chi connectivity index (χ4v) is 2.32. The van der Waals surface area contributed by atoms with Crippen molar-refractivity contribution in [3.05, 3.63) is 34.9 Å². The molecule has 102 valence electrons. The maximum Gasteiger partial charge on any atom is 0.362 e. The Balaban J connectivity index is 1.82. The summed E-state index contributed by atoms with van der Waals surface area (Å²) in [5.41, 5.74) is 2.60. The Labute approximate surface area is 117 Å². The molecule has 19 heavy (non-hydrogen) atoms. The Morgan fingerprint density at radius 3 is 2.37 bits per heavy atom. The number of amides is 1. The summed E-state index contributed by atoms with van der Waals surface area (Å²) in [6.45, 7) is 0. The first-order valence-electron chi connectivity index (χ1n) is 6.43. The van der Waals surface area contributed by atoms with Crippen molar-refractivity contribution >= 4 is 23.5 Å². The van der Waals surface area contributed by atoms with E-state index in [1.54, 1.807) is 24.3 Å². The van der Waals surface area contributed by atoms with E-state index in [2.05, 4.69) is 5.48 Å². The van der Waals surface area contributed by atoms with Crippen LogP contribution in [0.4, 0.5) is 0 Å². The predicted molar refractivity (Wildman–Crippen MR) is 71.6 cm³/mol. The van der Waals surface area contributed by atoms with Gasteiger partial charge in [-0.25, -0.2) is 4.79 Å². The van der Waals surface area contributed by atoms with Gasteiger partial charge in [-0.2, -0.15) is 5.48 Å². The number of rotatable bonds is 2. The average molecular weight is 282 g/mol. The molecule has 1 saturated carbocycles. The van der Waals surface area contributed by atoms with Crippen molar-refractivity contribution in [2.75, 3.05) is 0 Å². The van der Waals surface area contributed by atoms with Gasteiger partial charge in [0.05, 0.1) is 5.56 Å². The smallest absolute Gasteiger partial charge is 0.335 e. The SMILES string of the molecule is O=C(ONC(=O)C1CCCCC1)c1ccc(Cl)cc1. The molecule has 0 aromatic heterocycles. The van der Waals surface area contributed by atoms with E-state index < -0.39 is 5.97 Å². The summed E-state index contributed by atoms with van der Waals surface area (Å²) >= 11 is 5.72. The molecule has 1 fully saturated rings. The van der Waals surface area contributed by atoms with Crippen LogP contribution in [-0.4, -0.2) is 11.9 Å². The molecule has 0 unspecified atom stereocenters. The quantitative estimate of drug-likeness (QED) is 0.848. The molecule has 1 aliphatic rings. The van der Waals surface area contributed by atoms with Crippen molar-refractivity contribution in [3.63, 3.8) is 0 Å². The molecule has 0 spiro atoms. The highest BCUT2D eigenvalue weighted by atomic mass is 35.5. The second kappa shape index (κ2) is 6.57. The van der Waals surface area contributed by atoms with Crippen LogP contribution in [0.5, 0.6) is 0 Å². The fraction of sp³-hybridized carbons (Fsp3) is 0.429. The lowest BCUT2D eigenvalue weighted by molar-refractivity contribution is -0.135. The Kier molecular flexibility index (Phi) is 4.80. The molecule has 5 heteroatoms. The number of carbonyl (C=O) groups is 2. The number of halogens is 1. The molecule has 2 rings (SSSR count). The summed E-state index contributed by atoms with van der Waals surface area (Å²) in [4.78, 5) is 28.2. The van der Waals surface area contributed by atoms with Gasteiger partial charge in [0.2, 0.25) is 0 Å². The molecule has 1 N–H and O–H groups in total. The van der Waals surface area contributed by atoms with Crippen molar-refractivity contribution < 1.29 is 14.4 Å². The number of carbonyl (C=O) groups excluding carboxylic acids is 2. The molecule has 1 aromatic carbocycles. The molecule has 1 aromatic rings. The lowest BCUT2D eigenvalue weighted by atomic mass is 9.89. The first-order valence-corrected chi connectivity index (χ1v) is 6.81. The van der Waals surface area contributed by atoms with Crippen molar-refractivity contribution in [2.45, 2.75) is 32.1 Å². The first-order chi connectivity index (χ1) is 9.16. The second-order valence-electron chi connectivity index (χ2n) is 4.70. The van der Waals surface area contributed by atoms with E-state index >= 15 is 0 Å². The zero-order valence-electron chi connectivity index (χ0n) is 10.5. The van der Waals surface area contributed by atoms with Crippen LogP contribution in [0.1, 0.15) is 42.5 Å². The molecule has 0 heterocycles. The first kappa shape index (κ1) is 13.9. The lowest BCUT2D eigenvalue weighted by Gasteiger charge is -2.20. The van der Waals surface area contributed by atoms with Gasteiger partial charge in [-0.05, 0) is 37.1 Å². The number of hydroxylamine groups is 1. The lowest BCUT2D eigenvalue weighted by Crippen LogP contribution is -2.33. The second-order valence-corrected chi connectivity index (χ2v) is 5.13. The van der Waals surface area contributed by atoms with Crippen LogP contribution in [0.25, 0.3) is 0 Å². The minimum Gasteiger partial charge on any atom is -0.335 e. The summed E-state index contributed by atoms with van der Waals surface area (Å²) in [6.07, 6.45) is 5.02. The van der Waals surface area contributed by atoms with E-state index in [1.807, 2.05) is 0 Å². The summed E-state index contributed by atoms with van der Waals surface area (Å²) in [7, 11) is 0. The van der Waals surface area contributed by atoms with Crippen LogP contribution in [0.3, 0.4) is 0 Å². The van der Waals surface area contributed by atoms with E-state index in [0.29, 0.717) is 10.6 Å². The van der Waals surface area contributed by atoms with Gasteiger partial charge in [0.25, 0.3) is 5.91 Å². The van der Waals surface area contributed by atoms with Crippen LogP contribution in [0.2, 0.25) is 5.02 Å². The van der Waals surface area contributed by atoms with Gasteiger partial charge in [0.1, 0.15) is 0 Å². The summed E-state index contributed by atoms with van der Waals surface area (Å²) in [5.74, 6) is -0.824. The molecule has 0 radical (unpaired) electrons. The van der Waals surface area contributed by atoms with Crippen LogP contribution >= 0.6 is 11.6 Å². The van der Waals surface area contributed by atoms with E-state index in [-0.39, 0.29) is 11.8 Å². The van der Waals surface area contributed by atoms with Gasteiger partial charge in [0, 0.05) is 10.9 Å². The standard InChI is InChI=1S/C14H16ClNO3/c15-12-8-6-11(7-9-12)14(18)19-16-13(17)10-4-2-1-3-5-10/h6-10H,1-5H2,(H,16,17). The number of nitrogens with one attached hydrogen (secondary N) is 1. The molecule has 1 aliphatic carbocycles. The summed E-state index contributed by atoms with van der Waals surface area (Å²) in [6, 6.07) is 6.30. The van der Waals surface area contributed by atoms with Gasteiger partial charge in [-0.15, -0.1) is 0 Å². The van der Waals surface area contributed by atoms with E-state index in [9.17, 15) is 9.59 Å². The number of hydrogen-bond donors (Lipinski definition) is 1. The van der Waals surface area contributed by atoms with Crippen molar-refractivity contribution in [2.24, 2.45) is 5.92 Å². The van der Waals surface area contributed by atoms with E-state index in [0.717, 1.165) is 25.7 Å². The van der Waals surface area contributed by atoms with Gasteiger partial charge in [0.15, 0.2) is 0 Å². The zero-order valence-corrected chi connectivity index (χ0v) is 11.3. The molecular formula is C14H16ClNO3. The highest BCUT2D eigenvalue weighted by molar-refractivity contribution is 6.30. The summed E-state index contributed by atoms with van der Waals surface area (Å²) < 4.78 is 0. The maximum atomic E-state index is 11.8. The van der Waals surface area contributed by atoms with Gasteiger partial charge < -0.3 is 4.84 Å². The maximum absolute atomic E-state index is 11.8. The molecular weight excluding hydrogens is 266 g/mol. The van der Waals surface area contributed by atoms with Gasteiger partial charge in [-0.3, -0.25) is 4.79 Å². The zero-order chi connectivity index (χ0) is 13.7. The minimum atomic E-state index is -0.583. The Bertz CT molecular complexity index is 452.